The first kappa shape index (κ1) is 22.1. The average Bonchev–Trinajstić information content (AvgIpc) is 3.33. The SMILES string of the molecule is CCOc1ccc(C(=O)NC(=S)Nc2cc(-c3nn4c(C)nnc4s3)ccc2C)cc1Cl. The predicted octanol–water partition coefficient (Wildman–Crippen LogP) is 4.65. The van der Waals surface area contributed by atoms with Crippen LogP contribution in [0.2, 0.25) is 5.02 Å². The van der Waals surface area contributed by atoms with Crippen LogP contribution in [-0.2, 0) is 0 Å². The van der Waals surface area contributed by atoms with Crippen molar-refractivity contribution in [3.63, 3.8) is 0 Å². The summed E-state index contributed by atoms with van der Waals surface area (Å²) in [5.74, 6) is 0.885. The number of benzene rings is 2. The minimum atomic E-state index is -0.370. The van der Waals surface area contributed by atoms with E-state index in [0.29, 0.717) is 22.9 Å². The number of aromatic nitrogens is 4. The number of carbonyl (C=O) groups excluding carboxylic acids is 1. The van der Waals surface area contributed by atoms with Gasteiger partial charge in [0.15, 0.2) is 10.9 Å². The van der Waals surface area contributed by atoms with Gasteiger partial charge >= 0.3 is 0 Å². The first-order valence-electron chi connectivity index (χ1n) is 9.70. The van der Waals surface area contributed by atoms with Crippen molar-refractivity contribution in [1.82, 2.24) is 25.1 Å². The largest absolute Gasteiger partial charge is 0.492 e. The molecule has 0 aliphatic carbocycles. The minimum Gasteiger partial charge on any atom is -0.492 e. The normalized spacial score (nSPS) is 10.9. The van der Waals surface area contributed by atoms with E-state index in [0.717, 1.165) is 32.6 Å². The van der Waals surface area contributed by atoms with Crippen LogP contribution in [0.5, 0.6) is 5.75 Å². The highest BCUT2D eigenvalue weighted by atomic mass is 35.5. The smallest absolute Gasteiger partial charge is 0.257 e. The van der Waals surface area contributed by atoms with Gasteiger partial charge in [-0.1, -0.05) is 35.1 Å². The second-order valence-corrected chi connectivity index (χ2v) is 8.64. The summed E-state index contributed by atoms with van der Waals surface area (Å²) in [5, 5.41) is 19.8. The van der Waals surface area contributed by atoms with Crippen LogP contribution >= 0.6 is 35.2 Å². The Labute approximate surface area is 198 Å². The van der Waals surface area contributed by atoms with Crippen LogP contribution in [-0.4, -0.2) is 37.4 Å². The topological polar surface area (TPSA) is 93.4 Å². The van der Waals surface area contributed by atoms with E-state index in [4.69, 9.17) is 28.6 Å². The quantitative estimate of drug-likeness (QED) is 0.396. The Bertz CT molecular complexity index is 1330. The zero-order valence-electron chi connectivity index (χ0n) is 17.5. The molecule has 2 aromatic carbocycles. The van der Waals surface area contributed by atoms with Crippen molar-refractivity contribution in [2.45, 2.75) is 20.8 Å². The van der Waals surface area contributed by atoms with Gasteiger partial charge in [-0.3, -0.25) is 10.1 Å². The number of hydrogen-bond donors (Lipinski definition) is 2. The van der Waals surface area contributed by atoms with Gasteiger partial charge in [-0.25, -0.2) is 0 Å². The van der Waals surface area contributed by atoms with E-state index in [1.165, 1.54) is 11.3 Å². The first-order chi connectivity index (χ1) is 15.4. The number of carbonyl (C=O) groups is 1. The Hall–Kier alpha value is -3.08. The number of fused-ring (bicyclic) bond motifs is 1. The lowest BCUT2D eigenvalue weighted by Gasteiger charge is -2.13. The number of thiocarbonyl (C=S) groups is 1. The van der Waals surface area contributed by atoms with Gasteiger partial charge in [0.05, 0.1) is 11.6 Å². The molecule has 0 spiro atoms. The number of nitrogens with zero attached hydrogens (tertiary/aromatic N) is 4. The lowest BCUT2D eigenvalue weighted by molar-refractivity contribution is 0.0977. The molecule has 2 aromatic heterocycles. The zero-order chi connectivity index (χ0) is 22.8. The summed E-state index contributed by atoms with van der Waals surface area (Å²) in [6.07, 6.45) is 0. The lowest BCUT2D eigenvalue weighted by Crippen LogP contribution is -2.34. The fraction of sp³-hybridized carbons (Fsp3) is 0.190. The fourth-order valence-electron chi connectivity index (χ4n) is 2.96. The van der Waals surface area contributed by atoms with Crippen LogP contribution in [0.1, 0.15) is 28.7 Å². The molecule has 4 rings (SSSR count). The summed E-state index contributed by atoms with van der Waals surface area (Å²) in [6, 6.07) is 10.7. The van der Waals surface area contributed by atoms with Crippen LogP contribution < -0.4 is 15.4 Å². The summed E-state index contributed by atoms with van der Waals surface area (Å²) in [7, 11) is 0. The maximum atomic E-state index is 12.6. The van der Waals surface area contributed by atoms with Crippen LogP contribution in [0, 0.1) is 13.8 Å². The second-order valence-electron chi connectivity index (χ2n) is 6.86. The van der Waals surface area contributed by atoms with E-state index in [-0.39, 0.29) is 11.0 Å². The molecule has 0 bridgehead atoms. The van der Waals surface area contributed by atoms with Gasteiger partial charge in [0.25, 0.3) is 5.91 Å². The maximum absolute atomic E-state index is 12.6. The Morgan fingerprint density at radius 3 is 2.75 bits per heavy atom. The molecule has 2 N–H and O–H groups in total. The molecule has 0 radical (unpaired) electrons. The van der Waals surface area contributed by atoms with Crippen LogP contribution in [0.4, 0.5) is 5.69 Å². The van der Waals surface area contributed by atoms with Gasteiger partial charge in [-0.05, 0) is 62.8 Å². The highest BCUT2D eigenvalue weighted by molar-refractivity contribution is 7.80. The third-order valence-corrected chi connectivity index (χ3v) is 6.05. The first-order valence-corrected chi connectivity index (χ1v) is 11.3. The number of aryl methyl sites for hydroxylation is 2. The Kier molecular flexibility index (Phi) is 6.35. The summed E-state index contributed by atoms with van der Waals surface area (Å²) >= 11 is 13.0. The third-order valence-electron chi connectivity index (χ3n) is 4.60. The molecular weight excluding hydrogens is 468 g/mol. The Morgan fingerprint density at radius 1 is 1.22 bits per heavy atom. The van der Waals surface area contributed by atoms with E-state index < -0.39 is 0 Å². The number of ether oxygens (including phenoxy) is 1. The molecular formula is C21H19ClN6O2S2. The summed E-state index contributed by atoms with van der Waals surface area (Å²) in [5.41, 5.74) is 3.01. The van der Waals surface area contributed by atoms with Gasteiger partial charge in [0, 0.05) is 16.8 Å². The van der Waals surface area contributed by atoms with Gasteiger partial charge in [-0.15, -0.1) is 10.2 Å². The number of rotatable bonds is 5. The Balaban J connectivity index is 1.48. The van der Waals surface area contributed by atoms with Crippen LogP contribution in [0.25, 0.3) is 15.5 Å². The monoisotopic (exact) mass is 486 g/mol. The summed E-state index contributed by atoms with van der Waals surface area (Å²) in [6.45, 7) is 6.15. The molecule has 32 heavy (non-hydrogen) atoms. The van der Waals surface area contributed by atoms with Gasteiger partial charge in [0.1, 0.15) is 10.8 Å². The number of amides is 1. The number of hydrogen-bond acceptors (Lipinski definition) is 7. The minimum absolute atomic E-state index is 0.175. The second kappa shape index (κ2) is 9.19. The van der Waals surface area contributed by atoms with E-state index in [2.05, 4.69) is 25.9 Å². The van der Waals surface area contributed by atoms with Crippen molar-refractivity contribution >= 4 is 56.8 Å². The molecule has 8 nitrogen and oxygen atoms in total. The van der Waals surface area contributed by atoms with Crippen molar-refractivity contribution in [3.05, 3.63) is 58.4 Å². The molecule has 2 heterocycles. The van der Waals surface area contributed by atoms with Crippen molar-refractivity contribution in [2.24, 2.45) is 0 Å². The zero-order valence-corrected chi connectivity index (χ0v) is 19.9. The molecule has 0 saturated heterocycles. The molecule has 4 aromatic rings. The summed E-state index contributed by atoms with van der Waals surface area (Å²) in [4.78, 5) is 13.3. The number of halogens is 1. The lowest BCUT2D eigenvalue weighted by atomic mass is 10.1. The molecule has 0 aliphatic heterocycles. The number of nitrogens with one attached hydrogen (secondary N) is 2. The predicted molar refractivity (Wildman–Crippen MR) is 130 cm³/mol. The molecule has 1 amide bonds. The third kappa shape index (κ3) is 4.57. The molecule has 0 saturated carbocycles. The fourth-order valence-corrected chi connectivity index (χ4v) is 4.28. The molecule has 0 aliphatic rings. The van der Waals surface area contributed by atoms with Gasteiger partial charge in [0.2, 0.25) is 4.96 Å². The molecule has 0 unspecified atom stereocenters. The van der Waals surface area contributed by atoms with E-state index in [1.807, 2.05) is 39.0 Å². The van der Waals surface area contributed by atoms with Gasteiger partial charge < -0.3 is 10.1 Å². The maximum Gasteiger partial charge on any atom is 0.257 e. The van der Waals surface area contributed by atoms with Gasteiger partial charge in [-0.2, -0.15) is 9.61 Å². The van der Waals surface area contributed by atoms with Crippen LogP contribution in [0.15, 0.2) is 36.4 Å². The standard InChI is InChI=1S/C21H19ClN6O2S2/c1-4-30-17-8-7-13(9-15(17)22)18(29)24-20(31)23-16-10-14(6-5-11(16)2)19-27-28-12(3)25-26-21(28)32-19/h5-10H,4H2,1-3H3,(H2,23,24,29,31). The molecule has 164 valence electrons. The Morgan fingerprint density at radius 2 is 2.03 bits per heavy atom. The highest BCUT2D eigenvalue weighted by Gasteiger charge is 2.14. The molecule has 0 atom stereocenters. The molecule has 0 fully saturated rings. The van der Waals surface area contributed by atoms with Crippen molar-refractivity contribution in [2.75, 3.05) is 11.9 Å². The van der Waals surface area contributed by atoms with E-state index >= 15 is 0 Å². The van der Waals surface area contributed by atoms with Crippen molar-refractivity contribution in [1.29, 1.82) is 0 Å². The molecule has 11 heteroatoms. The van der Waals surface area contributed by atoms with E-state index in [1.54, 1.807) is 22.7 Å². The van der Waals surface area contributed by atoms with E-state index in [9.17, 15) is 4.79 Å². The summed E-state index contributed by atoms with van der Waals surface area (Å²) < 4.78 is 7.11. The highest BCUT2D eigenvalue weighted by Crippen LogP contribution is 2.29. The van der Waals surface area contributed by atoms with Crippen molar-refractivity contribution in [3.8, 4) is 16.3 Å². The van der Waals surface area contributed by atoms with Crippen LogP contribution in [0.3, 0.4) is 0 Å². The number of anilines is 1. The van der Waals surface area contributed by atoms with Crippen molar-refractivity contribution < 1.29 is 9.53 Å². The average molecular weight is 487 g/mol.